The zero-order chi connectivity index (χ0) is 16.2. The van der Waals surface area contributed by atoms with Crippen LogP contribution in [0.3, 0.4) is 0 Å². The Hall–Kier alpha value is -2.37. The maximum absolute atomic E-state index is 6.11. The Morgan fingerprint density at radius 1 is 1.30 bits per heavy atom. The molecule has 122 valence electrons. The van der Waals surface area contributed by atoms with Crippen LogP contribution in [0.2, 0.25) is 0 Å². The number of aryl methyl sites for hydroxylation is 1. The summed E-state index contributed by atoms with van der Waals surface area (Å²) < 4.78 is 1.95. The Bertz CT molecular complexity index is 665. The molecular formula is C17H24N6. The molecule has 6 heteroatoms. The molecule has 1 aliphatic heterocycles. The van der Waals surface area contributed by atoms with E-state index in [4.69, 9.17) is 5.73 Å². The topological polar surface area (TPSA) is 72.3 Å². The molecule has 1 fully saturated rings. The first-order valence-corrected chi connectivity index (χ1v) is 8.13. The number of aliphatic imine (C=N–C) groups is 1. The summed E-state index contributed by atoms with van der Waals surface area (Å²) in [6.45, 7) is 6.83. The smallest absolute Gasteiger partial charge is 0.191 e. The van der Waals surface area contributed by atoms with Gasteiger partial charge >= 0.3 is 0 Å². The minimum Gasteiger partial charge on any atom is -0.370 e. The molecule has 23 heavy (non-hydrogen) atoms. The summed E-state index contributed by atoms with van der Waals surface area (Å²) >= 11 is 0. The molecule has 6 nitrogen and oxygen atoms in total. The molecule has 0 amide bonds. The first kappa shape index (κ1) is 15.5. The number of likely N-dealkylation sites (tertiary alicyclic amines) is 1. The zero-order valence-electron chi connectivity index (χ0n) is 13.8. The van der Waals surface area contributed by atoms with Crippen molar-refractivity contribution in [2.24, 2.45) is 16.6 Å². The normalized spacial score (nSPS) is 16.8. The van der Waals surface area contributed by atoms with Gasteiger partial charge in [0.15, 0.2) is 5.96 Å². The predicted octanol–water partition coefficient (Wildman–Crippen LogP) is 2.12. The fourth-order valence-electron chi connectivity index (χ4n) is 2.78. The van der Waals surface area contributed by atoms with Gasteiger partial charge in [0.1, 0.15) is 11.6 Å². The van der Waals surface area contributed by atoms with E-state index in [-0.39, 0.29) is 0 Å². The molecule has 0 aliphatic carbocycles. The maximum atomic E-state index is 6.11. The number of nitrogens with zero attached hydrogens (tertiary/aromatic N) is 5. The van der Waals surface area contributed by atoms with E-state index < -0.39 is 0 Å². The highest BCUT2D eigenvalue weighted by Gasteiger charge is 2.16. The number of pyridine rings is 1. The molecule has 3 heterocycles. The van der Waals surface area contributed by atoms with Crippen molar-refractivity contribution in [3.05, 3.63) is 42.1 Å². The van der Waals surface area contributed by atoms with Gasteiger partial charge < -0.3 is 10.6 Å². The quantitative estimate of drug-likeness (QED) is 0.696. The lowest BCUT2D eigenvalue weighted by molar-refractivity contribution is 0.277. The number of piperidine rings is 1. The lowest BCUT2D eigenvalue weighted by Gasteiger charge is -2.31. The van der Waals surface area contributed by atoms with Crippen molar-refractivity contribution in [3.8, 4) is 5.82 Å². The number of aromatic nitrogens is 3. The van der Waals surface area contributed by atoms with Gasteiger partial charge in [-0.1, -0.05) is 13.0 Å². The second-order valence-electron chi connectivity index (χ2n) is 6.21. The van der Waals surface area contributed by atoms with E-state index in [9.17, 15) is 0 Å². The van der Waals surface area contributed by atoms with E-state index in [1.54, 1.807) is 6.20 Å². The average Bonchev–Trinajstić information content (AvgIpc) is 3.00. The molecular weight excluding hydrogens is 288 g/mol. The molecule has 0 radical (unpaired) electrons. The molecule has 0 unspecified atom stereocenters. The van der Waals surface area contributed by atoms with Gasteiger partial charge in [0, 0.05) is 31.7 Å². The molecule has 1 saturated heterocycles. The molecule has 0 atom stereocenters. The first-order valence-electron chi connectivity index (χ1n) is 8.13. The summed E-state index contributed by atoms with van der Waals surface area (Å²) in [4.78, 5) is 15.4. The van der Waals surface area contributed by atoms with Crippen molar-refractivity contribution in [1.29, 1.82) is 0 Å². The SMILES string of the molecule is Cc1nccn1-c1ccc(CN=C(N)N2CCC(C)CC2)cn1. The van der Waals surface area contributed by atoms with Crippen molar-refractivity contribution in [2.45, 2.75) is 33.2 Å². The van der Waals surface area contributed by atoms with Crippen LogP contribution in [0.5, 0.6) is 0 Å². The lowest BCUT2D eigenvalue weighted by Crippen LogP contribution is -2.42. The molecule has 0 saturated carbocycles. The second kappa shape index (κ2) is 6.81. The third kappa shape index (κ3) is 3.70. The minimum atomic E-state index is 0.564. The summed E-state index contributed by atoms with van der Waals surface area (Å²) in [6, 6.07) is 4.02. The fourth-order valence-corrected chi connectivity index (χ4v) is 2.78. The van der Waals surface area contributed by atoms with Crippen LogP contribution in [0.15, 0.2) is 35.7 Å². The van der Waals surface area contributed by atoms with E-state index in [1.807, 2.05) is 36.0 Å². The summed E-state index contributed by atoms with van der Waals surface area (Å²) in [7, 11) is 0. The van der Waals surface area contributed by atoms with Gasteiger partial charge in [-0.2, -0.15) is 0 Å². The van der Waals surface area contributed by atoms with Crippen LogP contribution in [-0.4, -0.2) is 38.5 Å². The molecule has 0 aromatic carbocycles. The van der Waals surface area contributed by atoms with Crippen molar-refractivity contribution >= 4 is 5.96 Å². The summed E-state index contributed by atoms with van der Waals surface area (Å²) in [6.07, 6.45) is 7.91. The van der Waals surface area contributed by atoms with E-state index in [2.05, 4.69) is 26.8 Å². The molecule has 2 aromatic rings. The Morgan fingerprint density at radius 3 is 2.70 bits per heavy atom. The van der Waals surface area contributed by atoms with Crippen LogP contribution in [0.4, 0.5) is 0 Å². The third-order valence-electron chi connectivity index (χ3n) is 4.41. The van der Waals surface area contributed by atoms with Crippen molar-refractivity contribution in [2.75, 3.05) is 13.1 Å². The van der Waals surface area contributed by atoms with Crippen molar-refractivity contribution in [3.63, 3.8) is 0 Å². The van der Waals surface area contributed by atoms with Gasteiger partial charge in [0.05, 0.1) is 6.54 Å². The van der Waals surface area contributed by atoms with Gasteiger partial charge in [-0.15, -0.1) is 0 Å². The zero-order valence-corrected chi connectivity index (χ0v) is 13.8. The lowest BCUT2D eigenvalue weighted by atomic mass is 10.00. The highest BCUT2D eigenvalue weighted by molar-refractivity contribution is 5.78. The minimum absolute atomic E-state index is 0.564. The largest absolute Gasteiger partial charge is 0.370 e. The molecule has 0 bridgehead atoms. The number of nitrogens with two attached hydrogens (primary N) is 1. The first-order chi connectivity index (χ1) is 11.1. The van der Waals surface area contributed by atoms with E-state index >= 15 is 0 Å². The van der Waals surface area contributed by atoms with Crippen LogP contribution in [0.25, 0.3) is 5.82 Å². The molecule has 2 N–H and O–H groups in total. The molecule has 1 aliphatic rings. The highest BCUT2D eigenvalue weighted by Crippen LogP contribution is 2.15. The second-order valence-corrected chi connectivity index (χ2v) is 6.21. The number of rotatable bonds is 3. The van der Waals surface area contributed by atoms with Crippen LogP contribution >= 0.6 is 0 Å². The summed E-state index contributed by atoms with van der Waals surface area (Å²) in [5, 5.41) is 0. The van der Waals surface area contributed by atoms with Gasteiger partial charge in [-0.05, 0) is 37.3 Å². The Morgan fingerprint density at radius 2 is 2.09 bits per heavy atom. The van der Waals surface area contributed by atoms with Crippen molar-refractivity contribution < 1.29 is 0 Å². The third-order valence-corrected chi connectivity index (χ3v) is 4.41. The van der Waals surface area contributed by atoms with Crippen molar-refractivity contribution in [1.82, 2.24) is 19.4 Å². The predicted molar refractivity (Wildman–Crippen MR) is 91.4 cm³/mol. The van der Waals surface area contributed by atoms with Gasteiger partial charge in [-0.3, -0.25) is 4.57 Å². The fraction of sp³-hybridized carbons (Fsp3) is 0.471. The average molecular weight is 312 g/mol. The standard InChI is InChI=1S/C17H24N6/c1-13-5-8-22(9-6-13)17(18)21-12-15-3-4-16(20-11-15)23-10-7-19-14(23)2/h3-4,7,10-11,13H,5-6,8-9,12H2,1-2H3,(H2,18,21). The van der Waals surface area contributed by atoms with Crippen LogP contribution in [0, 0.1) is 12.8 Å². The van der Waals surface area contributed by atoms with Gasteiger partial charge in [0.25, 0.3) is 0 Å². The summed E-state index contributed by atoms with van der Waals surface area (Å²) in [5.41, 5.74) is 7.17. The Kier molecular flexibility index (Phi) is 4.60. The number of hydrogen-bond acceptors (Lipinski definition) is 3. The summed E-state index contributed by atoms with van der Waals surface area (Å²) in [5.74, 6) is 3.23. The van der Waals surface area contributed by atoms with Crippen LogP contribution < -0.4 is 5.73 Å². The Labute approximate surface area is 137 Å². The van der Waals surface area contributed by atoms with Gasteiger partial charge in [-0.25, -0.2) is 15.0 Å². The van der Waals surface area contributed by atoms with E-state index in [0.29, 0.717) is 12.5 Å². The van der Waals surface area contributed by atoms with Crippen LogP contribution in [0.1, 0.15) is 31.2 Å². The molecule has 0 spiro atoms. The molecule has 2 aromatic heterocycles. The monoisotopic (exact) mass is 312 g/mol. The number of imidazole rings is 1. The number of guanidine groups is 1. The van der Waals surface area contributed by atoms with E-state index in [0.717, 1.165) is 36.2 Å². The Balaban J connectivity index is 1.62. The van der Waals surface area contributed by atoms with Crippen LogP contribution in [-0.2, 0) is 6.54 Å². The maximum Gasteiger partial charge on any atom is 0.191 e. The number of hydrogen-bond donors (Lipinski definition) is 1. The highest BCUT2D eigenvalue weighted by atomic mass is 15.3. The molecule has 3 rings (SSSR count). The van der Waals surface area contributed by atoms with Gasteiger partial charge in [0.2, 0.25) is 0 Å². The van der Waals surface area contributed by atoms with E-state index in [1.165, 1.54) is 12.8 Å².